The molecule has 1 unspecified atom stereocenters. The zero-order valence-electron chi connectivity index (χ0n) is 10.0. The molecular weight excluding hydrogens is 220 g/mol. The molecule has 2 rings (SSSR count). The second kappa shape index (κ2) is 5.12. The lowest BCUT2D eigenvalue weighted by Gasteiger charge is -2.19. The largest absolute Gasteiger partial charge is 0.375 e. The molecule has 0 aromatic carbocycles. The molecule has 2 N–H and O–H groups in total. The van der Waals surface area contributed by atoms with Gasteiger partial charge in [-0.05, 0) is 33.0 Å². The lowest BCUT2D eigenvalue weighted by atomic mass is 10.1. The van der Waals surface area contributed by atoms with Crippen LogP contribution in [0.5, 0.6) is 0 Å². The number of nitrogens with zero attached hydrogens (tertiary/aromatic N) is 3. The molecule has 0 radical (unpaired) electrons. The molecule has 0 amide bonds. The van der Waals surface area contributed by atoms with Crippen molar-refractivity contribution in [2.45, 2.75) is 13.0 Å². The van der Waals surface area contributed by atoms with E-state index in [0.717, 1.165) is 24.7 Å². The fourth-order valence-electron chi connectivity index (χ4n) is 2.35. The third-order valence-corrected chi connectivity index (χ3v) is 3.78. The Hall–Kier alpha value is -0.650. The van der Waals surface area contributed by atoms with Crippen LogP contribution in [0.15, 0.2) is 5.38 Å². The van der Waals surface area contributed by atoms with E-state index in [1.807, 2.05) is 5.38 Å². The average molecular weight is 240 g/mol. The van der Waals surface area contributed by atoms with Crippen LogP contribution < -0.4 is 5.73 Å². The molecule has 2 heterocycles. The van der Waals surface area contributed by atoms with Gasteiger partial charge in [0.2, 0.25) is 0 Å². The first-order valence-corrected chi connectivity index (χ1v) is 6.58. The quantitative estimate of drug-likeness (QED) is 0.856. The van der Waals surface area contributed by atoms with Gasteiger partial charge in [-0.2, -0.15) is 0 Å². The van der Waals surface area contributed by atoms with Crippen LogP contribution in [0.3, 0.4) is 0 Å². The molecule has 1 aromatic heterocycles. The van der Waals surface area contributed by atoms with Crippen molar-refractivity contribution >= 4 is 16.5 Å². The molecule has 1 aromatic rings. The van der Waals surface area contributed by atoms with Gasteiger partial charge in [-0.25, -0.2) is 4.98 Å². The van der Waals surface area contributed by atoms with E-state index in [1.165, 1.54) is 30.8 Å². The third-order valence-electron chi connectivity index (χ3n) is 3.06. The fourth-order valence-corrected chi connectivity index (χ4v) is 2.91. The van der Waals surface area contributed by atoms with E-state index < -0.39 is 0 Å². The van der Waals surface area contributed by atoms with Gasteiger partial charge in [0.1, 0.15) is 0 Å². The molecule has 16 heavy (non-hydrogen) atoms. The zero-order chi connectivity index (χ0) is 11.5. The number of hydrogen-bond donors (Lipinski definition) is 1. The maximum atomic E-state index is 5.62. The Morgan fingerprint density at radius 1 is 1.69 bits per heavy atom. The van der Waals surface area contributed by atoms with Gasteiger partial charge in [-0.3, -0.25) is 0 Å². The molecule has 0 aliphatic carbocycles. The lowest BCUT2D eigenvalue weighted by molar-refractivity contribution is 0.265. The highest BCUT2D eigenvalue weighted by atomic mass is 32.1. The standard InChI is InChI=1S/C11H20N4S/c1-14-4-3-9(5-14)6-15(2)7-10-8-16-11(12)13-10/h8-9H,3-7H2,1-2H3,(H2,12,13). The maximum Gasteiger partial charge on any atom is 0.180 e. The topological polar surface area (TPSA) is 45.4 Å². The summed E-state index contributed by atoms with van der Waals surface area (Å²) in [5.41, 5.74) is 6.71. The van der Waals surface area contributed by atoms with E-state index in [9.17, 15) is 0 Å². The van der Waals surface area contributed by atoms with Crippen LogP contribution in [0.25, 0.3) is 0 Å². The third kappa shape index (κ3) is 3.17. The highest BCUT2D eigenvalue weighted by Gasteiger charge is 2.20. The summed E-state index contributed by atoms with van der Waals surface area (Å²) in [6.07, 6.45) is 1.32. The van der Waals surface area contributed by atoms with Crippen LogP contribution in [-0.2, 0) is 6.54 Å². The van der Waals surface area contributed by atoms with Gasteiger partial charge in [-0.15, -0.1) is 11.3 Å². The molecule has 1 saturated heterocycles. The Morgan fingerprint density at radius 3 is 3.06 bits per heavy atom. The Kier molecular flexibility index (Phi) is 3.78. The Bertz CT molecular complexity index is 338. The highest BCUT2D eigenvalue weighted by Crippen LogP contribution is 2.17. The van der Waals surface area contributed by atoms with Gasteiger partial charge in [0, 0.05) is 25.0 Å². The minimum Gasteiger partial charge on any atom is -0.375 e. The van der Waals surface area contributed by atoms with Crippen molar-refractivity contribution in [2.24, 2.45) is 5.92 Å². The molecular formula is C11H20N4S. The van der Waals surface area contributed by atoms with E-state index in [1.54, 1.807) is 0 Å². The first-order valence-electron chi connectivity index (χ1n) is 5.70. The van der Waals surface area contributed by atoms with Crippen molar-refractivity contribution in [3.8, 4) is 0 Å². The van der Waals surface area contributed by atoms with Crippen LogP contribution in [0, 0.1) is 5.92 Å². The lowest BCUT2D eigenvalue weighted by Crippen LogP contribution is -2.27. The SMILES string of the molecule is CN1CCC(CN(C)Cc2csc(N)n2)C1. The van der Waals surface area contributed by atoms with Gasteiger partial charge in [0.25, 0.3) is 0 Å². The van der Waals surface area contributed by atoms with Crippen LogP contribution >= 0.6 is 11.3 Å². The van der Waals surface area contributed by atoms with Crippen LogP contribution in [0.2, 0.25) is 0 Å². The van der Waals surface area contributed by atoms with Crippen molar-refractivity contribution < 1.29 is 0 Å². The van der Waals surface area contributed by atoms with Crippen molar-refractivity contribution in [3.63, 3.8) is 0 Å². The average Bonchev–Trinajstić information content (AvgIpc) is 2.76. The number of aromatic nitrogens is 1. The predicted octanol–water partition coefficient (Wildman–Crippen LogP) is 1.11. The minimum absolute atomic E-state index is 0.670. The monoisotopic (exact) mass is 240 g/mol. The van der Waals surface area contributed by atoms with E-state index in [4.69, 9.17) is 5.73 Å². The Labute approximate surface area is 101 Å². The Balaban J connectivity index is 1.78. The highest BCUT2D eigenvalue weighted by molar-refractivity contribution is 7.13. The maximum absolute atomic E-state index is 5.62. The van der Waals surface area contributed by atoms with Crippen LogP contribution in [0.4, 0.5) is 5.13 Å². The molecule has 0 spiro atoms. The fraction of sp³-hybridized carbons (Fsp3) is 0.727. The summed E-state index contributed by atoms with van der Waals surface area (Å²) in [6, 6.07) is 0. The first kappa shape index (κ1) is 11.8. The van der Waals surface area contributed by atoms with Gasteiger partial charge in [0.05, 0.1) is 5.69 Å². The summed E-state index contributed by atoms with van der Waals surface area (Å²) in [5, 5.41) is 2.72. The number of rotatable bonds is 4. The number of nitrogen functional groups attached to an aromatic ring is 1. The van der Waals surface area contributed by atoms with Crippen molar-refractivity contribution in [1.82, 2.24) is 14.8 Å². The molecule has 5 heteroatoms. The summed E-state index contributed by atoms with van der Waals surface area (Å²) >= 11 is 1.52. The van der Waals surface area contributed by atoms with Crippen LogP contribution in [0.1, 0.15) is 12.1 Å². The zero-order valence-corrected chi connectivity index (χ0v) is 10.8. The number of anilines is 1. The van der Waals surface area contributed by atoms with Crippen molar-refractivity contribution in [2.75, 3.05) is 39.5 Å². The molecule has 1 fully saturated rings. The van der Waals surface area contributed by atoms with Gasteiger partial charge in [-0.1, -0.05) is 0 Å². The van der Waals surface area contributed by atoms with Gasteiger partial charge in [0.15, 0.2) is 5.13 Å². The molecule has 1 atom stereocenters. The first-order chi connectivity index (χ1) is 7.63. The minimum atomic E-state index is 0.670. The molecule has 1 aliphatic heterocycles. The van der Waals surface area contributed by atoms with Gasteiger partial charge < -0.3 is 15.5 Å². The summed E-state index contributed by atoms with van der Waals surface area (Å²) in [6.45, 7) is 4.53. The smallest absolute Gasteiger partial charge is 0.180 e. The number of thiazole rings is 1. The van der Waals surface area contributed by atoms with Crippen LogP contribution in [-0.4, -0.2) is 48.5 Å². The van der Waals surface area contributed by atoms with E-state index >= 15 is 0 Å². The normalized spacial score (nSPS) is 22.1. The number of likely N-dealkylation sites (tertiary alicyclic amines) is 1. The molecule has 1 aliphatic rings. The number of hydrogen-bond acceptors (Lipinski definition) is 5. The Morgan fingerprint density at radius 2 is 2.50 bits per heavy atom. The van der Waals surface area contributed by atoms with E-state index in [2.05, 4.69) is 28.9 Å². The van der Waals surface area contributed by atoms with E-state index in [0.29, 0.717) is 5.13 Å². The second-order valence-electron chi connectivity index (χ2n) is 4.79. The van der Waals surface area contributed by atoms with Crippen molar-refractivity contribution in [1.29, 1.82) is 0 Å². The summed E-state index contributed by atoms with van der Waals surface area (Å²) < 4.78 is 0. The number of nitrogens with two attached hydrogens (primary N) is 1. The molecule has 4 nitrogen and oxygen atoms in total. The predicted molar refractivity (Wildman–Crippen MR) is 68.5 cm³/mol. The van der Waals surface area contributed by atoms with Crippen molar-refractivity contribution in [3.05, 3.63) is 11.1 Å². The second-order valence-corrected chi connectivity index (χ2v) is 5.68. The van der Waals surface area contributed by atoms with Gasteiger partial charge >= 0.3 is 0 Å². The summed E-state index contributed by atoms with van der Waals surface area (Å²) in [7, 11) is 4.36. The van der Waals surface area contributed by atoms with E-state index in [-0.39, 0.29) is 0 Å². The summed E-state index contributed by atoms with van der Waals surface area (Å²) in [5.74, 6) is 0.811. The molecule has 0 bridgehead atoms. The summed E-state index contributed by atoms with van der Waals surface area (Å²) in [4.78, 5) is 9.03. The molecule has 0 saturated carbocycles. The molecule has 90 valence electrons.